The van der Waals surface area contributed by atoms with E-state index in [-0.39, 0.29) is 18.2 Å². The highest BCUT2D eigenvalue weighted by Crippen LogP contribution is 2.15. The Kier molecular flexibility index (Phi) is 6.78. The molecule has 2 amide bonds. The highest BCUT2D eigenvalue weighted by molar-refractivity contribution is 5.77. The minimum absolute atomic E-state index is 0.0756. The number of fused-ring (bicyclic) bond motifs is 1. The smallest absolute Gasteiger partial charge is 0.222 e. The van der Waals surface area contributed by atoms with Crippen LogP contribution in [0.1, 0.15) is 45.0 Å². The SMILES string of the molecule is CC(=O)NCCC(=O)NCc1cc2n(n1)CCCN(CC(C)C)C2. The van der Waals surface area contributed by atoms with Gasteiger partial charge in [-0.15, -0.1) is 0 Å². The molecule has 0 spiro atoms. The van der Waals surface area contributed by atoms with Gasteiger partial charge in [0.15, 0.2) is 0 Å². The van der Waals surface area contributed by atoms with Crippen molar-refractivity contribution in [2.45, 2.75) is 53.2 Å². The van der Waals surface area contributed by atoms with Crippen molar-refractivity contribution in [1.82, 2.24) is 25.3 Å². The van der Waals surface area contributed by atoms with Crippen LogP contribution in [0, 0.1) is 5.92 Å². The summed E-state index contributed by atoms with van der Waals surface area (Å²) >= 11 is 0. The fourth-order valence-corrected chi connectivity index (χ4v) is 2.98. The van der Waals surface area contributed by atoms with E-state index in [4.69, 9.17) is 0 Å². The van der Waals surface area contributed by atoms with Crippen LogP contribution in [0.25, 0.3) is 0 Å². The molecule has 1 aromatic rings. The van der Waals surface area contributed by atoms with Gasteiger partial charge in [-0.3, -0.25) is 19.2 Å². The minimum Gasteiger partial charge on any atom is -0.356 e. The first-order valence-corrected chi connectivity index (χ1v) is 8.73. The summed E-state index contributed by atoms with van der Waals surface area (Å²) in [5, 5.41) is 10.1. The summed E-state index contributed by atoms with van der Waals surface area (Å²) in [5.41, 5.74) is 2.11. The molecule has 2 rings (SSSR count). The van der Waals surface area contributed by atoms with Gasteiger partial charge in [0.25, 0.3) is 0 Å². The van der Waals surface area contributed by atoms with Gasteiger partial charge in [-0.05, 0) is 18.4 Å². The van der Waals surface area contributed by atoms with E-state index in [1.807, 2.05) is 0 Å². The number of nitrogens with one attached hydrogen (secondary N) is 2. The number of hydrogen-bond acceptors (Lipinski definition) is 4. The van der Waals surface area contributed by atoms with Crippen molar-refractivity contribution >= 4 is 11.8 Å². The number of carbonyl (C=O) groups excluding carboxylic acids is 2. The lowest BCUT2D eigenvalue weighted by Crippen LogP contribution is -2.29. The predicted molar refractivity (Wildman–Crippen MR) is 92.1 cm³/mol. The largest absolute Gasteiger partial charge is 0.356 e. The molecule has 24 heavy (non-hydrogen) atoms. The van der Waals surface area contributed by atoms with E-state index >= 15 is 0 Å². The molecule has 134 valence electrons. The number of amides is 2. The van der Waals surface area contributed by atoms with Gasteiger partial charge in [0.1, 0.15) is 0 Å². The normalized spacial score (nSPS) is 15.0. The molecule has 0 unspecified atom stereocenters. The first-order valence-electron chi connectivity index (χ1n) is 8.73. The van der Waals surface area contributed by atoms with E-state index in [9.17, 15) is 9.59 Å². The second kappa shape index (κ2) is 8.82. The Hall–Kier alpha value is -1.89. The van der Waals surface area contributed by atoms with E-state index in [1.165, 1.54) is 12.6 Å². The highest BCUT2D eigenvalue weighted by Gasteiger charge is 2.17. The molecule has 7 nitrogen and oxygen atoms in total. The van der Waals surface area contributed by atoms with Crippen LogP contribution in [0.3, 0.4) is 0 Å². The van der Waals surface area contributed by atoms with Crippen LogP contribution in [-0.4, -0.2) is 46.1 Å². The number of hydrogen-bond donors (Lipinski definition) is 2. The Morgan fingerprint density at radius 1 is 1.29 bits per heavy atom. The molecular weight excluding hydrogens is 306 g/mol. The van der Waals surface area contributed by atoms with Crippen molar-refractivity contribution in [1.29, 1.82) is 0 Å². The standard InChI is InChI=1S/C17H29N5O2/c1-13(2)11-21-7-4-8-22-16(12-21)9-15(20-22)10-19-17(24)5-6-18-14(3)23/h9,13H,4-8,10-12H2,1-3H3,(H,18,23)(H,19,24). The second-order valence-electron chi connectivity index (χ2n) is 6.84. The van der Waals surface area contributed by atoms with E-state index in [2.05, 4.69) is 45.2 Å². The lowest BCUT2D eigenvalue weighted by Gasteiger charge is -2.21. The molecule has 0 saturated carbocycles. The van der Waals surface area contributed by atoms with Crippen molar-refractivity contribution in [2.24, 2.45) is 5.92 Å². The summed E-state index contributed by atoms with van der Waals surface area (Å²) in [5.74, 6) is 0.460. The average molecular weight is 335 g/mol. The molecule has 0 bridgehead atoms. The molecule has 7 heteroatoms. The van der Waals surface area contributed by atoms with Crippen molar-refractivity contribution in [3.63, 3.8) is 0 Å². The molecule has 0 radical (unpaired) electrons. The van der Waals surface area contributed by atoms with Gasteiger partial charge >= 0.3 is 0 Å². The highest BCUT2D eigenvalue weighted by atomic mass is 16.2. The summed E-state index contributed by atoms with van der Waals surface area (Å²) in [7, 11) is 0. The van der Waals surface area contributed by atoms with Gasteiger partial charge in [-0.25, -0.2) is 0 Å². The molecule has 1 aliphatic rings. The summed E-state index contributed by atoms with van der Waals surface area (Å²) in [6.45, 7) is 10.8. The number of rotatable bonds is 7. The van der Waals surface area contributed by atoms with Crippen LogP contribution < -0.4 is 10.6 Å². The van der Waals surface area contributed by atoms with Gasteiger partial charge in [-0.2, -0.15) is 5.10 Å². The Morgan fingerprint density at radius 2 is 2.08 bits per heavy atom. The Balaban J connectivity index is 1.83. The number of carbonyl (C=O) groups is 2. The van der Waals surface area contributed by atoms with E-state index in [1.54, 1.807) is 0 Å². The van der Waals surface area contributed by atoms with Crippen LogP contribution in [0.4, 0.5) is 0 Å². The zero-order valence-corrected chi connectivity index (χ0v) is 15.0. The Morgan fingerprint density at radius 3 is 2.79 bits per heavy atom. The van der Waals surface area contributed by atoms with Gasteiger partial charge < -0.3 is 10.6 Å². The first kappa shape index (κ1) is 18.4. The monoisotopic (exact) mass is 335 g/mol. The van der Waals surface area contributed by atoms with Crippen molar-refractivity contribution < 1.29 is 9.59 Å². The third-order valence-corrected chi connectivity index (χ3v) is 3.96. The Labute approximate surface area is 143 Å². The van der Waals surface area contributed by atoms with Gasteiger partial charge in [0.2, 0.25) is 11.8 Å². The van der Waals surface area contributed by atoms with Crippen LogP contribution >= 0.6 is 0 Å². The molecule has 1 aliphatic heterocycles. The number of aryl methyl sites for hydroxylation is 1. The first-order chi connectivity index (χ1) is 11.4. The molecule has 1 aromatic heterocycles. The zero-order valence-electron chi connectivity index (χ0n) is 15.0. The van der Waals surface area contributed by atoms with E-state index < -0.39 is 0 Å². The van der Waals surface area contributed by atoms with Crippen LogP contribution in [0.15, 0.2) is 6.07 Å². The van der Waals surface area contributed by atoms with Crippen LogP contribution in [0.5, 0.6) is 0 Å². The molecule has 0 atom stereocenters. The van der Waals surface area contributed by atoms with E-state index in [0.717, 1.165) is 38.3 Å². The quantitative estimate of drug-likeness (QED) is 0.775. The minimum atomic E-state index is -0.119. The fourth-order valence-electron chi connectivity index (χ4n) is 2.98. The van der Waals surface area contributed by atoms with Crippen molar-refractivity contribution in [3.05, 3.63) is 17.5 Å². The number of aromatic nitrogens is 2. The summed E-state index contributed by atoms with van der Waals surface area (Å²) in [6, 6.07) is 2.09. The summed E-state index contributed by atoms with van der Waals surface area (Å²) < 4.78 is 2.07. The summed E-state index contributed by atoms with van der Waals surface area (Å²) in [4.78, 5) is 25.0. The predicted octanol–water partition coefficient (Wildman–Crippen LogP) is 0.887. The zero-order chi connectivity index (χ0) is 17.5. The number of nitrogens with zero attached hydrogens (tertiary/aromatic N) is 3. The molecule has 0 aromatic carbocycles. The maximum Gasteiger partial charge on any atom is 0.222 e. The molecule has 0 fully saturated rings. The molecular formula is C17H29N5O2. The Bertz CT molecular complexity index is 567. The second-order valence-corrected chi connectivity index (χ2v) is 6.84. The molecule has 0 aliphatic carbocycles. The van der Waals surface area contributed by atoms with Gasteiger partial charge in [-0.1, -0.05) is 13.8 Å². The fraction of sp³-hybridized carbons (Fsp3) is 0.706. The molecule has 0 saturated heterocycles. The van der Waals surface area contributed by atoms with Crippen molar-refractivity contribution in [3.8, 4) is 0 Å². The molecule has 2 N–H and O–H groups in total. The van der Waals surface area contributed by atoms with Crippen LogP contribution in [-0.2, 0) is 29.2 Å². The molecule has 2 heterocycles. The maximum atomic E-state index is 11.8. The van der Waals surface area contributed by atoms with Crippen molar-refractivity contribution in [2.75, 3.05) is 19.6 Å². The summed E-state index contributed by atoms with van der Waals surface area (Å²) in [6.07, 6.45) is 1.39. The van der Waals surface area contributed by atoms with Crippen LogP contribution in [0.2, 0.25) is 0 Å². The lowest BCUT2D eigenvalue weighted by atomic mass is 10.2. The van der Waals surface area contributed by atoms with E-state index in [0.29, 0.717) is 19.0 Å². The maximum absolute atomic E-state index is 11.8. The lowest BCUT2D eigenvalue weighted by molar-refractivity contribution is -0.121. The van der Waals surface area contributed by atoms with Gasteiger partial charge in [0.05, 0.1) is 17.9 Å². The van der Waals surface area contributed by atoms with Gasteiger partial charge in [0, 0.05) is 46.1 Å². The third kappa shape index (κ3) is 5.96. The average Bonchev–Trinajstić information content (AvgIpc) is 2.77. The topological polar surface area (TPSA) is 79.3 Å². The third-order valence-electron chi connectivity index (χ3n) is 3.96.